The Hall–Kier alpha value is -2.80. The molecular formula is C28H29F3N2O2. The van der Waals surface area contributed by atoms with Gasteiger partial charge >= 0.3 is 5.97 Å². The minimum absolute atomic E-state index is 0.0260. The van der Waals surface area contributed by atoms with Crippen molar-refractivity contribution in [2.45, 2.75) is 69.6 Å². The third-order valence-corrected chi connectivity index (χ3v) is 8.60. The normalized spacial score (nSPS) is 29.9. The number of hydrogen-bond donors (Lipinski definition) is 2. The molecule has 6 rings (SSSR count). The standard InChI is InChI=1S/C28H29F3N2O2/c1-16-10-21(23-13-28(23,30)31)22(20-6-8-32-25(16)20)15-33-9-7-27(11-19(29)12-27)14-24(33)17-2-4-18(5-3-17)26(34)35/h2-6,8,10,19,23-24,32H,7,9,11-15H2,1H3,(H,34,35). The highest BCUT2D eigenvalue weighted by atomic mass is 19.3. The van der Waals surface area contributed by atoms with Crippen LogP contribution in [0.1, 0.15) is 76.7 Å². The number of fused-ring (bicyclic) bond motifs is 1. The summed E-state index contributed by atoms with van der Waals surface area (Å²) in [7, 11) is 0. The lowest BCUT2D eigenvalue weighted by Crippen LogP contribution is -2.49. The van der Waals surface area contributed by atoms with E-state index in [-0.39, 0.29) is 23.4 Å². The molecule has 7 heteroatoms. The number of carboxylic acid groups (broad SMARTS) is 1. The van der Waals surface area contributed by atoms with Crippen molar-refractivity contribution in [3.05, 3.63) is 70.4 Å². The number of H-pyrrole nitrogens is 1. The highest BCUT2D eigenvalue weighted by molar-refractivity contribution is 5.88. The van der Waals surface area contributed by atoms with Crippen LogP contribution in [0.5, 0.6) is 0 Å². The van der Waals surface area contributed by atoms with Crippen LogP contribution >= 0.6 is 0 Å². The Kier molecular flexibility index (Phi) is 5.08. The van der Waals surface area contributed by atoms with Gasteiger partial charge in [0.1, 0.15) is 6.17 Å². The number of hydrogen-bond acceptors (Lipinski definition) is 2. The smallest absolute Gasteiger partial charge is 0.335 e. The summed E-state index contributed by atoms with van der Waals surface area (Å²) in [6, 6.07) is 10.8. The first kappa shape index (κ1) is 22.7. The number of nitrogens with zero attached hydrogens (tertiary/aromatic N) is 1. The number of carbonyl (C=O) groups is 1. The quantitative estimate of drug-likeness (QED) is 0.423. The molecule has 1 saturated heterocycles. The first-order valence-electron chi connectivity index (χ1n) is 12.3. The van der Waals surface area contributed by atoms with Gasteiger partial charge in [0.2, 0.25) is 0 Å². The summed E-state index contributed by atoms with van der Waals surface area (Å²) in [5.41, 5.74) is 4.79. The van der Waals surface area contributed by atoms with Crippen molar-refractivity contribution in [3.8, 4) is 0 Å². The van der Waals surface area contributed by atoms with Gasteiger partial charge in [-0.2, -0.15) is 0 Å². The predicted molar refractivity (Wildman–Crippen MR) is 128 cm³/mol. The number of aromatic nitrogens is 1. The fourth-order valence-electron chi connectivity index (χ4n) is 6.53. The molecule has 0 amide bonds. The van der Waals surface area contributed by atoms with E-state index in [4.69, 9.17) is 0 Å². The lowest BCUT2D eigenvalue weighted by Gasteiger charge is -2.53. The minimum atomic E-state index is -2.66. The molecule has 2 saturated carbocycles. The topological polar surface area (TPSA) is 56.3 Å². The Morgan fingerprint density at radius 3 is 2.49 bits per heavy atom. The maximum atomic E-state index is 14.2. The van der Waals surface area contributed by atoms with Crippen molar-refractivity contribution in [2.24, 2.45) is 5.41 Å². The molecule has 3 fully saturated rings. The highest BCUT2D eigenvalue weighted by Gasteiger charge is 2.58. The van der Waals surface area contributed by atoms with Crippen LogP contribution in [0.25, 0.3) is 10.9 Å². The number of carboxylic acids is 1. The number of aromatic amines is 1. The number of piperidine rings is 1. The lowest BCUT2D eigenvalue weighted by atomic mass is 9.60. The van der Waals surface area contributed by atoms with Gasteiger partial charge in [0.15, 0.2) is 0 Å². The summed E-state index contributed by atoms with van der Waals surface area (Å²) >= 11 is 0. The van der Waals surface area contributed by atoms with Crippen molar-refractivity contribution < 1.29 is 23.1 Å². The molecule has 2 N–H and O–H groups in total. The molecule has 3 aromatic rings. The van der Waals surface area contributed by atoms with Gasteiger partial charge in [-0.05, 0) is 85.0 Å². The lowest BCUT2D eigenvalue weighted by molar-refractivity contribution is -0.0560. The molecule has 184 valence electrons. The monoisotopic (exact) mass is 482 g/mol. The van der Waals surface area contributed by atoms with E-state index in [9.17, 15) is 23.1 Å². The Bertz CT molecular complexity index is 1290. The van der Waals surface area contributed by atoms with Gasteiger partial charge in [-0.25, -0.2) is 18.0 Å². The number of halogens is 3. The van der Waals surface area contributed by atoms with Crippen LogP contribution in [0.2, 0.25) is 0 Å². The number of alkyl halides is 3. The summed E-state index contributed by atoms with van der Waals surface area (Å²) < 4.78 is 42.4. The average molecular weight is 483 g/mol. The van der Waals surface area contributed by atoms with E-state index < -0.39 is 24.0 Å². The second kappa shape index (κ2) is 7.85. The van der Waals surface area contributed by atoms with E-state index in [2.05, 4.69) is 9.88 Å². The van der Waals surface area contributed by atoms with Crippen LogP contribution < -0.4 is 0 Å². The second-order valence-electron chi connectivity index (χ2n) is 10.9. The molecule has 3 aliphatic rings. The Balaban J connectivity index is 1.38. The fraction of sp³-hybridized carbons (Fsp3) is 0.464. The van der Waals surface area contributed by atoms with Gasteiger partial charge in [0.25, 0.3) is 5.92 Å². The first-order valence-corrected chi connectivity index (χ1v) is 12.3. The van der Waals surface area contributed by atoms with Gasteiger partial charge in [0.05, 0.1) is 11.5 Å². The number of aryl methyl sites for hydroxylation is 1. The minimum Gasteiger partial charge on any atom is -0.478 e. The average Bonchev–Trinajstić information content (AvgIpc) is 3.18. The third kappa shape index (κ3) is 3.84. The zero-order valence-corrected chi connectivity index (χ0v) is 19.7. The number of nitrogens with one attached hydrogen (secondary N) is 1. The van der Waals surface area contributed by atoms with Crippen molar-refractivity contribution in [3.63, 3.8) is 0 Å². The van der Waals surface area contributed by atoms with Gasteiger partial charge < -0.3 is 10.1 Å². The number of likely N-dealkylation sites (tertiary alicyclic amines) is 1. The molecule has 2 aliphatic carbocycles. The molecule has 2 aromatic carbocycles. The summed E-state index contributed by atoms with van der Waals surface area (Å²) in [4.78, 5) is 17.0. The Morgan fingerprint density at radius 2 is 1.86 bits per heavy atom. The molecule has 2 atom stereocenters. The summed E-state index contributed by atoms with van der Waals surface area (Å²) in [6.07, 6.45) is 3.80. The number of rotatable bonds is 5. The van der Waals surface area contributed by atoms with Crippen LogP contribution in [-0.2, 0) is 6.54 Å². The largest absolute Gasteiger partial charge is 0.478 e. The van der Waals surface area contributed by atoms with E-state index in [1.54, 1.807) is 12.1 Å². The van der Waals surface area contributed by atoms with Crippen molar-refractivity contribution >= 4 is 16.9 Å². The van der Waals surface area contributed by atoms with Gasteiger partial charge in [-0.15, -0.1) is 0 Å². The second-order valence-corrected chi connectivity index (χ2v) is 10.9. The fourth-order valence-corrected chi connectivity index (χ4v) is 6.53. The zero-order chi connectivity index (χ0) is 24.5. The van der Waals surface area contributed by atoms with E-state index in [0.717, 1.165) is 52.5 Å². The van der Waals surface area contributed by atoms with Crippen LogP contribution in [0, 0.1) is 12.3 Å². The highest BCUT2D eigenvalue weighted by Crippen LogP contribution is 2.58. The summed E-state index contributed by atoms with van der Waals surface area (Å²) in [5.74, 6) is -4.39. The van der Waals surface area contributed by atoms with Crippen molar-refractivity contribution in [1.82, 2.24) is 9.88 Å². The van der Waals surface area contributed by atoms with Crippen LogP contribution in [0.4, 0.5) is 13.2 Å². The van der Waals surface area contributed by atoms with E-state index in [0.29, 0.717) is 19.4 Å². The maximum Gasteiger partial charge on any atom is 0.335 e. The molecule has 0 radical (unpaired) electrons. The predicted octanol–water partition coefficient (Wildman–Crippen LogP) is 6.75. The van der Waals surface area contributed by atoms with Gasteiger partial charge in [0, 0.05) is 36.1 Å². The van der Waals surface area contributed by atoms with Crippen LogP contribution in [-0.4, -0.2) is 39.6 Å². The SMILES string of the molecule is Cc1cc(C2CC2(F)F)c(CN2CCC3(CC(F)C3)CC2c2ccc(C(=O)O)cc2)c2cc[nH]c12. The number of benzene rings is 2. The van der Waals surface area contributed by atoms with Gasteiger partial charge in [-0.1, -0.05) is 18.2 Å². The van der Waals surface area contributed by atoms with E-state index in [1.165, 1.54) is 0 Å². The molecule has 4 nitrogen and oxygen atoms in total. The molecule has 1 aliphatic heterocycles. The zero-order valence-electron chi connectivity index (χ0n) is 19.7. The van der Waals surface area contributed by atoms with Crippen LogP contribution in [0.15, 0.2) is 42.6 Å². The molecule has 2 unspecified atom stereocenters. The first-order chi connectivity index (χ1) is 16.7. The molecular weight excluding hydrogens is 453 g/mol. The Morgan fingerprint density at radius 1 is 1.14 bits per heavy atom. The third-order valence-electron chi connectivity index (χ3n) is 8.60. The van der Waals surface area contributed by atoms with Crippen molar-refractivity contribution in [2.75, 3.05) is 6.54 Å². The van der Waals surface area contributed by atoms with Gasteiger partial charge in [-0.3, -0.25) is 4.90 Å². The Labute approximate surface area is 202 Å². The van der Waals surface area contributed by atoms with Crippen LogP contribution in [0.3, 0.4) is 0 Å². The molecule has 35 heavy (non-hydrogen) atoms. The summed E-state index contributed by atoms with van der Waals surface area (Å²) in [6.45, 7) is 3.23. The number of aromatic carboxylic acids is 1. The maximum absolute atomic E-state index is 14.2. The van der Waals surface area contributed by atoms with E-state index in [1.807, 2.05) is 37.4 Å². The molecule has 0 bridgehead atoms. The molecule has 1 spiro atoms. The van der Waals surface area contributed by atoms with E-state index >= 15 is 0 Å². The molecule has 1 aromatic heterocycles. The van der Waals surface area contributed by atoms with Crippen molar-refractivity contribution in [1.29, 1.82) is 0 Å². The molecule has 2 heterocycles. The summed E-state index contributed by atoms with van der Waals surface area (Å²) in [5, 5.41) is 10.3.